The number of halogens is 1. The Morgan fingerprint density at radius 2 is 2.00 bits per heavy atom. The molecule has 0 unspecified atom stereocenters. The van der Waals surface area contributed by atoms with E-state index < -0.39 is 20.8 Å². The Balaban J connectivity index is 1.46. The SMILES string of the molecule is O=C(NCc1ccc(Cl)cc1)C1=NNc2sc(CN3CCOCC3)cc2S1(=O)=O. The van der Waals surface area contributed by atoms with Gasteiger partial charge in [0.05, 0.1) is 13.2 Å². The molecule has 0 saturated carbocycles. The van der Waals surface area contributed by atoms with Crippen LogP contribution < -0.4 is 10.7 Å². The molecule has 8 nitrogen and oxygen atoms in total. The smallest absolute Gasteiger partial charge is 0.284 e. The summed E-state index contributed by atoms with van der Waals surface area (Å²) in [5.41, 5.74) is 3.52. The van der Waals surface area contributed by atoms with Gasteiger partial charge < -0.3 is 10.1 Å². The standard InChI is InChI=1S/C18H19ClN4O4S2/c19-13-3-1-12(2-4-13)10-20-16(24)18-22-21-17-15(29(18,25)26)9-14(28-17)11-23-5-7-27-8-6-23/h1-4,9,21H,5-8,10-11H2,(H,20,24). The summed E-state index contributed by atoms with van der Waals surface area (Å²) in [5.74, 6) is -0.751. The molecule has 2 aliphatic rings. The molecule has 29 heavy (non-hydrogen) atoms. The highest BCUT2D eigenvalue weighted by molar-refractivity contribution is 8.08. The number of carbonyl (C=O) groups excluding carboxylic acids is 1. The lowest BCUT2D eigenvalue weighted by molar-refractivity contribution is -0.114. The van der Waals surface area contributed by atoms with Crippen LogP contribution in [0.25, 0.3) is 0 Å². The number of sulfone groups is 1. The lowest BCUT2D eigenvalue weighted by Crippen LogP contribution is -2.37. The van der Waals surface area contributed by atoms with E-state index in [4.69, 9.17) is 16.3 Å². The highest BCUT2D eigenvalue weighted by Gasteiger charge is 2.36. The number of rotatable bonds is 5. The van der Waals surface area contributed by atoms with Crippen molar-refractivity contribution in [1.29, 1.82) is 0 Å². The van der Waals surface area contributed by atoms with E-state index in [1.165, 1.54) is 11.3 Å². The van der Waals surface area contributed by atoms with Crippen LogP contribution in [-0.4, -0.2) is 50.6 Å². The Hall–Kier alpha value is -1.98. The normalized spacial score (nSPS) is 18.4. The molecule has 154 valence electrons. The first-order chi connectivity index (χ1) is 13.9. The lowest BCUT2D eigenvalue weighted by atomic mass is 10.2. The molecule has 2 aliphatic heterocycles. The first-order valence-electron chi connectivity index (χ1n) is 8.98. The minimum Gasteiger partial charge on any atom is -0.379 e. The molecule has 0 spiro atoms. The molecule has 0 radical (unpaired) electrons. The largest absolute Gasteiger partial charge is 0.379 e. The zero-order chi connectivity index (χ0) is 20.4. The maximum Gasteiger partial charge on any atom is 0.284 e. The number of ether oxygens (including phenoxy) is 1. The van der Waals surface area contributed by atoms with Crippen LogP contribution in [0.3, 0.4) is 0 Å². The van der Waals surface area contributed by atoms with Gasteiger partial charge in [0, 0.05) is 36.1 Å². The highest BCUT2D eigenvalue weighted by Crippen LogP contribution is 2.36. The molecule has 1 fully saturated rings. The molecule has 1 saturated heterocycles. The predicted octanol–water partition coefficient (Wildman–Crippen LogP) is 2.06. The van der Waals surface area contributed by atoms with Crippen molar-refractivity contribution in [3.63, 3.8) is 0 Å². The van der Waals surface area contributed by atoms with Gasteiger partial charge in [-0.15, -0.1) is 11.3 Å². The summed E-state index contributed by atoms with van der Waals surface area (Å²) < 4.78 is 31.2. The van der Waals surface area contributed by atoms with E-state index in [2.05, 4.69) is 20.7 Å². The Kier molecular flexibility index (Phi) is 5.88. The second-order valence-electron chi connectivity index (χ2n) is 6.64. The average molecular weight is 455 g/mol. The van der Waals surface area contributed by atoms with Crippen LogP contribution >= 0.6 is 22.9 Å². The lowest BCUT2D eigenvalue weighted by Gasteiger charge is -2.25. The minimum absolute atomic E-state index is 0.0948. The molecule has 2 aromatic rings. The van der Waals surface area contributed by atoms with Crippen molar-refractivity contribution in [2.45, 2.75) is 18.0 Å². The number of morpholine rings is 1. The molecule has 0 bridgehead atoms. The summed E-state index contributed by atoms with van der Waals surface area (Å²) in [6.45, 7) is 3.75. The van der Waals surface area contributed by atoms with Gasteiger partial charge in [-0.05, 0) is 23.8 Å². The first kappa shape index (κ1) is 20.3. The summed E-state index contributed by atoms with van der Waals surface area (Å²) in [5, 5.41) is 6.91. The van der Waals surface area contributed by atoms with Crippen molar-refractivity contribution in [3.8, 4) is 0 Å². The van der Waals surface area contributed by atoms with Gasteiger partial charge in [-0.25, -0.2) is 8.42 Å². The molecular weight excluding hydrogens is 436 g/mol. The van der Waals surface area contributed by atoms with Gasteiger partial charge in [0.25, 0.3) is 5.91 Å². The van der Waals surface area contributed by atoms with Gasteiger partial charge in [-0.2, -0.15) is 5.10 Å². The van der Waals surface area contributed by atoms with Crippen molar-refractivity contribution < 1.29 is 17.9 Å². The van der Waals surface area contributed by atoms with E-state index in [0.717, 1.165) is 23.5 Å². The third kappa shape index (κ3) is 4.46. The van der Waals surface area contributed by atoms with Crippen molar-refractivity contribution in [1.82, 2.24) is 10.2 Å². The second kappa shape index (κ2) is 8.41. The molecule has 11 heteroatoms. The monoisotopic (exact) mass is 454 g/mol. The fourth-order valence-corrected chi connectivity index (χ4v) is 5.93. The number of fused-ring (bicyclic) bond motifs is 1. The number of nitrogens with zero attached hydrogens (tertiary/aromatic N) is 2. The van der Waals surface area contributed by atoms with Crippen LogP contribution in [-0.2, 0) is 32.5 Å². The summed E-state index contributed by atoms with van der Waals surface area (Å²) in [6, 6.07) is 8.54. The minimum atomic E-state index is -3.99. The predicted molar refractivity (Wildman–Crippen MR) is 112 cm³/mol. The maximum absolute atomic E-state index is 12.9. The number of hydrogen-bond acceptors (Lipinski definition) is 8. The summed E-state index contributed by atoms with van der Waals surface area (Å²) in [6.07, 6.45) is 0. The number of amides is 1. The Bertz CT molecular complexity index is 1040. The van der Waals surface area contributed by atoms with E-state index in [-0.39, 0.29) is 11.4 Å². The van der Waals surface area contributed by atoms with Gasteiger partial charge in [-0.1, -0.05) is 23.7 Å². The zero-order valence-corrected chi connectivity index (χ0v) is 17.7. The number of anilines is 1. The van der Waals surface area contributed by atoms with Crippen LogP contribution in [0, 0.1) is 0 Å². The van der Waals surface area contributed by atoms with Gasteiger partial charge >= 0.3 is 0 Å². The van der Waals surface area contributed by atoms with Gasteiger partial charge in [0.1, 0.15) is 9.90 Å². The molecule has 1 aromatic carbocycles. The zero-order valence-electron chi connectivity index (χ0n) is 15.4. The Labute approximate surface area is 177 Å². The van der Waals surface area contributed by atoms with Crippen LogP contribution in [0.15, 0.2) is 40.3 Å². The van der Waals surface area contributed by atoms with Crippen LogP contribution in [0.4, 0.5) is 5.00 Å². The molecule has 1 amide bonds. The van der Waals surface area contributed by atoms with Crippen molar-refractivity contribution >= 4 is 48.7 Å². The molecule has 1 aromatic heterocycles. The van der Waals surface area contributed by atoms with Crippen LogP contribution in [0.1, 0.15) is 10.4 Å². The van der Waals surface area contributed by atoms with Crippen molar-refractivity contribution in [2.24, 2.45) is 5.10 Å². The summed E-state index contributed by atoms with van der Waals surface area (Å²) >= 11 is 7.18. The van der Waals surface area contributed by atoms with E-state index in [1.807, 2.05) is 0 Å². The summed E-state index contributed by atoms with van der Waals surface area (Å²) in [4.78, 5) is 15.7. The van der Waals surface area contributed by atoms with Crippen molar-refractivity contribution in [3.05, 3.63) is 45.8 Å². The van der Waals surface area contributed by atoms with Gasteiger partial charge in [0.2, 0.25) is 14.9 Å². The molecule has 0 atom stereocenters. The average Bonchev–Trinajstić information content (AvgIpc) is 3.12. The number of nitrogens with one attached hydrogen (secondary N) is 2. The maximum atomic E-state index is 12.9. The number of hydrazone groups is 1. The number of thiophene rings is 1. The first-order valence-corrected chi connectivity index (χ1v) is 11.7. The third-order valence-electron chi connectivity index (χ3n) is 4.60. The van der Waals surface area contributed by atoms with E-state index in [9.17, 15) is 13.2 Å². The Morgan fingerprint density at radius 1 is 1.28 bits per heavy atom. The fourth-order valence-electron chi connectivity index (χ4n) is 3.06. The van der Waals surface area contributed by atoms with E-state index in [1.54, 1.807) is 30.3 Å². The Morgan fingerprint density at radius 3 is 2.72 bits per heavy atom. The second-order valence-corrected chi connectivity index (χ2v) is 10.0. The number of carbonyl (C=O) groups is 1. The topological polar surface area (TPSA) is 100 Å². The third-order valence-corrected chi connectivity index (χ3v) is 7.69. The van der Waals surface area contributed by atoms with Crippen molar-refractivity contribution in [2.75, 3.05) is 31.7 Å². The molecule has 4 rings (SSSR count). The van der Waals surface area contributed by atoms with Crippen LogP contribution in [0.2, 0.25) is 5.02 Å². The van der Waals surface area contributed by atoms with Gasteiger partial charge in [0.15, 0.2) is 0 Å². The fraction of sp³-hybridized carbons (Fsp3) is 0.333. The highest BCUT2D eigenvalue weighted by atomic mass is 35.5. The molecule has 2 N–H and O–H groups in total. The quantitative estimate of drug-likeness (QED) is 0.717. The molecule has 3 heterocycles. The summed E-state index contributed by atoms with van der Waals surface area (Å²) in [7, 11) is -3.99. The van der Waals surface area contributed by atoms with Crippen LogP contribution in [0.5, 0.6) is 0 Å². The molecule has 0 aliphatic carbocycles. The number of hydrogen-bond donors (Lipinski definition) is 2. The number of benzene rings is 1. The van der Waals surface area contributed by atoms with E-state index in [0.29, 0.717) is 29.8 Å². The van der Waals surface area contributed by atoms with Gasteiger partial charge in [-0.3, -0.25) is 15.1 Å². The molecular formula is C18H19ClN4O4S2. The van der Waals surface area contributed by atoms with E-state index >= 15 is 0 Å².